The van der Waals surface area contributed by atoms with Crippen LogP contribution in [0.1, 0.15) is 156 Å². The monoisotopic (exact) mass is 1290 g/mol. The van der Waals surface area contributed by atoms with Crippen LogP contribution in [0, 0.1) is 41.4 Å². The van der Waals surface area contributed by atoms with Gasteiger partial charge in [-0.05, 0) is 106 Å². The highest BCUT2D eigenvalue weighted by molar-refractivity contribution is 6.00. The first-order valence-electron chi connectivity index (χ1n) is 32.8. The normalized spacial score (nSPS) is 26.5. The second kappa shape index (κ2) is 34.6. The summed E-state index contributed by atoms with van der Waals surface area (Å²) in [4.78, 5) is 179. The Labute approximate surface area is 547 Å². The lowest BCUT2D eigenvalue weighted by molar-refractivity contribution is -0.157. The number of nitrogens with zero attached hydrogens (tertiary/aromatic N) is 8. The van der Waals surface area contributed by atoms with Crippen LogP contribution in [-0.2, 0) is 59.2 Å². The van der Waals surface area contributed by atoms with Gasteiger partial charge in [0, 0.05) is 55.8 Å². The fourth-order valence-electron chi connectivity index (χ4n) is 11.9. The summed E-state index contributed by atoms with van der Waals surface area (Å²) in [5.74, 6) is -9.67. The molecule has 0 aliphatic carbocycles. The molecule has 1 fully saturated rings. The van der Waals surface area contributed by atoms with E-state index in [0.717, 1.165) is 15.3 Å². The van der Waals surface area contributed by atoms with Gasteiger partial charge in [0.25, 0.3) is 0 Å². The van der Waals surface area contributed by atoms with Crippen molar-refractivity contribution in [1.29, 1.82) is 0 Å². The molecule has 0 radical (unpaired) electrons. The summed E-state index contributed by atoms with van der Waals surface area (Å²) in [6, 6.07) is -6.54. The molecular formula is C67H113N13O12. The van der Waals surface area contributed by atoms with Gasteiger partial charge in [-0.25, -0.2) is 4.98 Å². The van der Waals surface area contributed by atoms with Crippen LogP contribution < -0.4 is 21.3 Å². The fraction of sp³-hybridized carbons (Fsp3) is 0.731. The smallest absolute Gasteiger partial charge is 0.246 e. The second-order valence-corrected chi connectivity index (χ2v) is 28.1. The van der Waals surface area contributed by atoms with Gasteiger partial charge in [-0.3, -0.25) is 52.7 Å². The number of fused-ring (bicyclic) bond motifs is 1. The standard InChI is InChI=1S/C67H113N13O12/c1-25-45-63(88)74(18)44(17)62(87)75(19)49(31-36(4)5)59(84)73-53(39(10)11)66(91)76(20)48(30-35(2)3)58(83)68-42(15)57(82)69-43(16)61(86)77(21)50(32-37(6)7)64(89)78(22)51(33-38(8)9)65(90)79(23)54(40(12)13)67(92)80(24)55(60(85)72-45)56(81)41(14)34-52-70-46-28-26-27-29-47(46)71-52/h26-29,35-45,48-51,53-56,81H,25,30-34H2,1-24H3,(H,68,83)(H,69,82)(H,70,71)(H,72,85)(H,73,84)/t41-,42+,43-,44-,45+,48+,49+,50+,51+,53+,54+,55-,56-/m1/s1. The largest absolute Gasteiger partial charge is 0.390 e. The molecule has 2 aromatic rings. The summed E-state index contributed by atoms with van der Waals surface area (Å²) >= 11 is 0. The predicted octanol–water partition coefficient (Wildman–Crippen LogP) is 3.81. The van der Waals surface area contributed by atoms with E-state index in [1.165, 1.54) is 94.6 Å². The minimum atomic E-state index is -1.70. The van der Waals surface area contributed by atoms with E-state index in [0.29, 0.717) is 11.3 Å². The molecule has 1 aromatic heterocycles. The topological polar surface area (TPSA) is 307 Å². The second-order valence-electron chi connectivity index (χ2n) is 28.1. The van der Waals surface area contributed by atoms with Crippen LogP contribution in [0.4, 0.5) is 0 Å². The van der Waals surface area contributed by atoms with Crippen molar-refractivity contribution in [2.24, 2.45) is 41.4 Å². The van der Waals surface area contributed by atoms with E-state index in [1.54, 1.807) is 41.5 Å². The van der Waals surface area contributed by atoms with Crippen molar-refractivity contribution < 1.29 is 57.8 Å². The van der Waals surface area contributed by atoms with Crippen LogP contribution in [-0.4, -0.2) is 236 Å². The van der Waals surface area contributed by atoms with Gasteiger partial charge in [0.1, 0.15) is 72.3 Å². The van der Waals surface area contributed by atoms with Gasteiger partial charge in [0.2, 0.25) is 65.0 Å². The van der Waals surface area contributed by atoms with Gasteiger partial charge in [0.05, 0.1) is 17.1 Å². The Morgan fingerprint density at radius 3 is 1.36 bits per heavy atom. The van der Waals surface area contributed by atoms with E-state index >= 15 is 19.2 Å². The van der Waals surface area contributed by atoms with E-state index in [1.807, 2.05) is 79.7 Å². The van der Waals surface area contributed by atoms with Crippen LogP contribution in [0.5, 0.6) is 0 Å². The zero-order chi connectivity index (χ0) is 70.4. The maximum absolute atomic E-state index is 15.4. The van der Waals surface area contributed by atoms with Crippen molar-refractivity contribution in [3.05, 3.63) is 30.1 Å². The predicted molar refractivity (Wildman–Crippen MR) is 353 cm³/mol. The third-order valence-corrected chi connectivity index (χ3v) is 17.8. The lowest BCUT2D eigenvalue weighted by Crippen LogP contribution is -2.64. The van der Waals surface area contributed by atoms with Crippen molar-refractivity contribution >= 4 is 76.0 Å². The number of para-hydroxylation sites is 2. The number of carbonyl (C=O) groups excluding carboxylic acids is 11. The highest BCUT2D eigenvalue weighted by atomic mass is 16.3. The number of likely N-dealkylation sites (N-methyl/N-ethyl adjacent to an activating group) is 7. The van der Waals surface area contributed by atoms with E-state index in [2.05, 4.69) is 31.2 Å². The number of aliphatic hydroxyl groups excluding tert-OH is 1. The average Bonchev–Trinajstić information content (AvgIpc) is 1.18. The number of aromatic nitrogens is 2. The Hall–Kier alpha value is -7.18. The van der Waals surface area contributed by atoms with Crippen molar-refractivity contribution in [2.75, 3.05) is 49.3 Å². The number of aromatic amines is 1. The van der Waals surface area contributed by atoms with Crippen LogP contribution in [0.2, 0.25) is 0 Å². The molecule has 0 unspecified atom stereocenters. The number of hydrogen-bond acceptors (Lipinski definition) is 13. The molecule has 2 heterocycles. The third-order valence-electron chi connectivity index (χ3n) is 17.8. The molecule has 0 saturated carbocycles. The summed E-state index contributed by atoms with van der Waals surface area (Å²) in [5, 5.41) is 23.6. The molecule has 1 aliphatic rings. The van der Waals surface area contributed by atoms with Gasteiger partial charge >= 0.3 is 0 Å². The molecule has 3 rings (SSSR count). The molecule has 1 aromatic carbocycles. The lowest BCUT2D eigenvalue weighted by Gasteiger charge is -2.41. The minimum absolute atomic E-state index is 0.0117. The molecule has 92 heavy (non-hydrogen) atoms. The SMILES string of the molecule is CC[C@@H]1NC(=O)[C@@H]([C@H](O)[C@H](C)Cc2nc3ccccc3[nH]2)N(C)C(=O)[C@H](C(C)C)N(C)C(=O)[C@H](CC(C)C)N(C)C(=O)[C@H](CC(C)C)N(C)C(=O)[C@@H](C)NC(=O)[C@H](C)NC(=O)[C@H](CC(C)C)N(C)C(=O)[C@H](C(C)C)NC(=O)[C@H](CC(C)C)N(C)C(=O)[C@@H](C)N(C)C1=O. The molecule has 0 bridgehead atoms. The number of rotatable bonds is 15. The molecule has 0 spiro atoms. The summed E-state index contributed by atoms with van der Waals surface area (Å²) in [7, 11) is 9.93. The van der Waals surface area contributed by atoms with E-state index in [-0.39, 0.29) is 62.2 Å². The molecule has 1 saturated heterocycles. The molecule has 11 amide bonds. The molecule has 1 aliphatic heterocycles. The first-order chi connectivity index (χ1) is 42.6. The van der Waals surface area contributed by atoms with Gasteiger partial charge in [-0.2, -0.15) is 0 Å². The number of imidazole rings is 1. The maximum atomic E-state index is 15.4. The van der Waals surface area contributed by atoms with Crippen molar-refractivity contribution in [3.8, 4) is 0 Å². The first-order valence-corrected chi connectivity index (χ1v) is 32.8. The van der Waals surface area contributed by atoms with E-state index in [4.69, 9.17) is 0 Å². The van der Waals surface area contributed by atoms with Gasteiger partial charge in [-0.1, -0.05) is 109 Å². The molecule has 25 nitrogen and oxygen atoms in total. The van der Waals surface area contributed by atoms with Crippen LogP contribution >= 0.6 is 0 Å². The van der Waals surface area contributed by atoms with Crippen LogP contribution in [0.25, 0.3) is 11.0 Å². The Kier molecular flexibility index (Phi) is 29.8. The number of amides is 11. The van der Waals surface area contributed by atoms with Gasteiger partial charge in [0.15, 0.2) is 0 Å². The summed E-state index contributed by atoms with van der Waals surface area (Å²) in [6.45, 7) is 29.5. The molecule has 25 heteroatoms. The van der Waals surface area contributed by atoms with Gasteiger partial charge in [-0.15, -0.1) is 0 Å². The maximum Gasteiger partial charge on any atom is 0.246 e. The number of carbonyl (C=O) groups is 11. The Morgan fingerprint density at radius 2 is 0.880 bits per heavy atom. The zero-order valence-electron chi connectivity index (χ0n) is 59.5. The van der Waals surface area contributed by atoms with Gasteiger partial charge < -0.3 is 65.7 Å². The van der Waals surface area contributed by atoms with Crippen molar-refractivity contribution in [3.63, 3.8) is 0 Å². The number of aliphatic hydroxyl groups is 1. The first kappa shape index (κ1) is 79.1. The number of hydrogen-bond donors (Lipinski definition) is 6. The van der Waals surface area contributed by atoms with Crippen LogP contribution in [0.3, 0.4) is 0 Å². The lowest BCUT2D eigenvalue weighted by atomic mass is 9.91. The quantitative estimate of drug-likeness (QED) is 0.148. The average molecular weight is 1290 g/mol. The van der Waals surface area contributed by atoms with Crippen LogP contribution in [0.15, 0.2) is 24.3 Å². The molecular weight excluding hydrogens is 1180 g/mol. The Bertz CT molecular complexity index is 2860. The zero-order valence-corrected chi connectivity index (χ0v) is 59.5. The summed E-state index contributed by atoms with van der Waals surface area (Å²) < 4.78 is 0. The fourth-order valence-corrected chi connectivity index (χ4v) is 11.9. The van der Waals surface area contributed by atoms with E-state index in [9.17, 15) is 38.7 Å². The minimum Gasteiger partial charge on any atom is -0.390 e. The number of benzene rings is 1. The van der Waals surface area contributed by atoms with Crippen molar-refractivity contribution in [1.82, 2.24) is 65.5 Å². The third kappa shape index (κ3) is 20.2. The Balaban J connectivity index is 2.34. The van der Waals surface area contributed by atoms with Crippen molar-refractivity contribution in [2.45, 2.75) is 229 Å². The van der Waals surface area contributed by atoms with E-state index < -0.39 is 155 Å². The highest BCUT2D eigenvalue weighted by Gasteiger charge is 2.46. The Morgan fingerprint density at radius 1 is 0.446 bits per heavy atom. The molecule has 518 valence electrons. The number of nitrogens with one attached hydrogen (secondary N) is 5. The summed E-state index contributed by atoms with van der Waals surface area (Å²) in [5.41, 5.74) is 1.41. The molecule has 6 N–H and O–H groups in total. The highest BCUT2D eigenvalue weighted by Crippen LogP contribution is 2.26. The molecule has 13 atom stereocenters. The summed E-state index contributed by atoms with van der Waals surface area (Å²) in [6.07, 6.45) is -0.960. The number of H-pyrrole nitrogens is 1.